The fourth-order valence-electron chi connectivity index (χ4n) is 2.09. The van der Waals surface area contributed by atoms with Crippen LogP contribution in [0, 0.1) is 0 Å². The van der Waals surface area contributed by atoms with E-state index in [1.807, 2.05) is 23.5 Å². The molecular weight excluding hydrogens is 358 g/mol. The molecule has 0 radical (unpaired) electrons. The van der Waals surface area contributed by atoms with E-state index in [9.17, 15) is 0 Å². The van der Waals surface area contributed by atoms with Crippen molar-refractivity contribution < 1.29 is 0 Å². The van der Waals surface area contributed by atoms with Gasteiger partial charge in [0.15, 0.2) is 0 Å². The van der Waals surface area contributed by atoms with Gasteiger partial charge in [-0.1, -0.05) is 32.0 Å². The first-order valence-electron chi connectivity index (χ1n) is 8.49. The van der Waals surface area contributed by atoms with Crippen molar-refractivity contribution in [2.75, 3.05) is 64.0 Å². The molecule has 5 heteroatoms. The quantitative estimate of drug-likeness (QED) is 0.365. The Morgan fingerprint density at radius 1 is 0.652 bits per heavy atom. The first-order chi connectivity index (χ1) is 11.4. The van der Waals surface area contributed by atoms with Gasteiger partial charge in [-0.15, -0.1) is 0 Å². The van der Waals surface area contributed by atoms with Gasteiger partial charge in [-0.25, -0.2) is 0 Å². The van der Waals surface area contributed by atoms with Crippen LogP contribution >= 0.6 is 47.0 Å². The van der Waals surface area contributed by atoms with Crippen molar-refractivity contribution in [3.05, 3.63) is 30.3 Å². The van der Waals surface area contributed by atoms with Crippen LogP contribution in [-0.2, 0) is 0 Å². The van der Waals surface area contributed by atoms with E-state index in [-0.39, 0.29) is 0 Å². The molecule has 0 fully saturated rings. The van der Waals surface area contributed by atoms with Crippen LogP contribution in [0.2, 0.25) is 0 Å². The summed E-state index contributed by atoms with van der Waals surface area (Å²) in [5, 5.41) is 0. The van der Waals surface area contributed by atoms with Crippen molar-refractivity contribution in [1.82, 2.24) is 0 Å². The van der Waals surface area contributed by atoms with Crippen LogP contribution in [0.3, 0.4) is 0 Å². The van der Waals surface area contributed by atoms with Gasteiger partial charge in [-0.05, 0) is 23.6 Å². The standard InChI is InChI=1S/C18H31NS4/c1-3-20-14-16-22-12-10-19(18-8-6-5-7-9-18)11-13-23-17-15-21-4-2/h5-9H,3-4,10-17H2,1-2H3. The molecule has 0 aliphatic heterocycles. The summed E-state index contributed by atoms with van der Waals surface area (Å²) in [4.78, 5) is 2.56. The van der Waals surface area contributed by atoms with Gasteiger partial charge >= 0.3 is 0 Å². The van der Waals surface area contributed by atoms with Crippen LogP contribution in [0.5, 0.6) is 0 Å². The predicted octanol–water partition coefficient (Wildman–Crippen LogP) is 5.47. The minimum Gasteiger partial charge on any atom is -0.370 e. The molecule has 0 atom stereocenters. The molecule has 0 aliphatic carbocycles. The Hall–Kier alpha value is 0.420. The normalized spacial score (nSPS) is 10.9. The first kappa shape index (κ1) is 21.5. The molecule has 23 heavy (non-hydrogen) atoms. The van der Waals surface area contributed by atoms with Gasteiger partial charge in [0.25, 0.3) is 0 Å². The molecule has 0 bridgehead atoms. The number of benzene rings is 1. The van der Waals surface area contributed by atoms with E-state index in [2.05, 4.69) is 72.6 Å². The lowest BCUT2D eigenvalue weighted by Crippen LogP contribution is -2.28. The highest BCUT2D eigenvalue weighted by atomic mass is 32.2. The van der Waals surface area contributed by atoms with Crippen LogP contribution < -0.4 is 4.90 Å². The molecule has 0 spiro atoms. The smallest absolute Gasteiger partial charge is 0.0366 e. The highest BCUT2D eigenvalue weighted by molar-refractivity contribution is 8.03. The molecule has 0 saturated carbocycles. The van der Waals surface area contributed by atoms with Crippen molar-refractivity contribution in [1.29, 1.82) is 0 Å². The van der Waals surface area contributed by atoms with Crippen molar-refractivity contribution in [3.8, 4) is 0 Å². The van der Waals surface area contributed by atoms with E-state index in [1.165, 1.54) is 51.7 Å². The summed E-state index contributed by atoms with van der Waals surface area (Å²) in [6.07, 6.45) is 0. The summed E-state index contributed by atoms with van der Waals surface area (Å²) in [6.45, 7) is 6.80. The summed E-state index contributed by atoms with van der Waals surface area (Å²) in [6, 6.07) is 10.9. The van der Waals surface area contributed by atoms with Gasteiger partial charge in [0, 0.05) is 53.3 Å². The van der Waals surface area contributed by atoms with Gasteiger partial charge in [0.2, 0.25) is 0 Å². The third-order valence-corrected chi connectivity index (χ3v) is 7.53. The molecule has 0 amide bonds. The van der Waals surface area contributed by atoms with Gasteiger partial charge in [0.1, 0.15) is 0 Å². The Kier molecular flexibility index (Phi) is 14.9. The fraction of sp³-hybridized carbons (Fsp3) is 0.667. The summed E-state index contributed by atoms with van der Waals surface area (Å²) in [7, 11) is 0. The fourth-order valence-corrected chi connectivity index (χ4v) is 5.66. The average Bonchev–Trinajstić information content (AvgIpc) is 2.60. The Morgan fingerprint density at radius 3 is 1.61 bits per heavy atom. The van der Waals surface area contributed by atoms with Crippen LogP contribution in [0.4, 0.5) is 5.69 Å². The highest BCUT2D eigenvalue weighted by Gasteiger charge is 2.06. The number of hydrogen-bond donors (Lipinski definition) is 0. The van der Waals surface area contributed by atoms with Crippen molar-refractivity contribution in [2.45, 2.75) is 13.8 Å². The molecule has 1 rings (SSSR count). The first-order valence-corrected chi connectivity index (χ1v) is 13.1. The highest BCUT2D eigenvalue weighted by Crippen LogP contribution is 2.16. The van der Waals surface area contributed by atoms with Crippen LogP contribution in [0.1, 0.15) is 13.8 Å². The molecule has 0 aromatic heterocycles. The zero-order valence-electron chi connectivity index (χ0n) is 14.5. The Labute approximate surface area is 160 Å². The lowest BCUT2D eigenvalue weighted by molar-refractivity contribution is 0.879. The number of rotatable bonds is 15. The molecule has 1 aromatic rings. The Bertz CT molecular complexity index is 345. The van der Waals surface area contributed by atoms with Crippen molar-refractivity contribution in [2.24, 2.45) is 0 Å². The van der Waals surface area contributed by atoms with Gasteiger partial charge < -0.3 is 4.90 Å². The molecule has 1 aromatic carbocycles. The molecule has 0 unspecified atom stereocenters. The minimum absolute atomic E-state index is 1.16. The molecular formula is C18H31NS4. The maximum Gasteiger partial charge on any atom is 0.0366 e. The summed E-state index contributed by atoms with van der Waals surface area (Å²) in [5.41, 5.74) is 1.37. The third kappa shape index (κ3) is 11.6. The molecule has 0 saturated heterocycles. The third-order valence-electron chi connectivity index (χ3n) is 3.28. The van der Waals surface area contributed by atoms with Crippen molar-refractivity contribution in [3.63, 3.8) is 0 Å². The maximum absolute atomic E-state index is 2.56. The maximum atomic E-state index is 2.56. The molecule has 0 N–H and O–H groups in total. The second-order valence-corrected chi connectivity index (χ2v) is 10.2. The second kappa shape index (κ2) is 15.9. The van der Waals surface area contributed by atoms with Crippen LogP contribution in [0.15, 0.2) is 30.3 Å². The van der Waals surface area contributed by atoms with E-state index in [4.69, 9.17) is 0 Å². The number of anilines is 1. The van der Waals surface area contributed by atoms with E-state index in [1.54, 1.807) is 0 Å². The minimum atomic E-state index is 1.16. The Balaban J connectivity index is 2.26. The second-order valence-electron chi connectivity index (χ2n) is 4.94. The summed E-state index contributed by atoms with van der Waals surface area (Å²) < 4.78 is 0. The zero-order valence-corrected chi connectivity index (χ0v) is 17.8. The van der Waals surface area contributed by atoms with Crippen LogP contribution in [-0.4, -0.2) is 59.1 Å². The van der Waals surface area contributed by atoms with Crippen molar-refractivity contribution >= 4 is 52.7 Å². The Morgan fingerprint density at radius 2 is 1.13 bits per heavy atom. The number of para-hydroxylation sites is 1. The average molecular weight is 390 g/mol. The monoisotopic (exact) mass is 389 g/mol. The van der Waals surface area contributed by atoms with E-state index in [0.29, 0.717) is 0 Å². The topological polar surface area (TPSA) is 3.24 Å². The van der Waals surface area contributed by atoms with E-state index < -0.39 is 0 Å². The molecule has 1 nitrogen and oxygen atoms in total. The number of thioether (sulfide) groups is 4. The van der Waals surface area contributed by atoms with Gasteiger partial charge in [-0.2, -0.15) is 47.0 Å². The predicted molar refractivity (Wildman–Crippen MR) is 119 cm³/mol. The van der Waals surface area contributed by atoms with Crippen LogP contribution in [0.25, 0.3) is 0 Å². The summed E-state index contributed by atoms with van der Waals surface area (Å²) in [5.74, 6) is 10.1. The molecule has 0 heterocycles. The largest absolute Gasteiger partial charge is 0.370 e. The lowest BCUT2D eigenvalue weighted by Gasteiger charge is -2.24. The van der Waals surface area contributed by atoms with E-state index in [0.717, 1.165) is 13.1 Å². The molecule has 132 valence electrons. The van der Waals surface area contributed by atoms with E-state index >= 15 is 0 Å². The zero-order chi connectivity index (χ0) is 16.6. The van der Waals surface area contributed by atoms with Gasteiger partial charge in [-0.3, -0.25) is 0 Å². The van der Waals surface area contributed by atoms with Gasteiger partial charge in [0.05, 0.1) is 0 Å². The molecule has 0 aliphatic rings. The summed E-state index contributed by atoms with van der Waals surface area (Å²) >= 11 is 8.28. The number of nitrogens with zero attached hydrogens (tertiary/aromatic N) is 1. The SMILES string of the molecule is CCSCCSCCN(CCSCCSCC)c1ccccc1. The number of hydrogen-bond acceptors (Lipinski definition) is 5. The lowest BCUT2D eigenvalue weighted by atomic mass is 10.3.